The van der Waals surface area contributed by atoms with E-state index >= 15 is 0 Å². The first-order valence-corrected chi connectivity index (χ1v) is 16.5. The highest BCUT2D eigenvalue weighted by Gasteiger charge is 2.23. The summed E-state index contributed by atoms with van der Waals surface area (Å²) in [5.41, 5.74) is 3.16. The van der Waals surface area contributed by atoms with Crippen molar-refractivity contribution in [2.75, 3.05) is 6.61 Å². The molecule has 1 amide bonds. The minimum absolute atomic E-state index is 0.217. The van der Waals surface area contributed by atoms with Crippen LogP contribution in [0.4, 0.5) is 0 Å². The molecule has 0 aliphatic carbocycles. The maximum Gasteiger partial charge on any atom is 0.328 e. The quantitative estimate of drug-likeness (QED) is 0.165. The van der Waals surface area contributed by atoms with Crippen molar-refractivity contribution in [1.82, 2.24) is 5.32 Å². The molecule has 1 aliphatic rings. The van der Waals surface area contributed by atoms with Crippen LogP contribution >= 0.6 is 23.5 Å². The molecule has 2 aromatic carbocycles. The summed E-state index contributed by atoms with van der Waals surface area (Å²) in [6.07, 6.45) is 13.8. The smallest absolute Gasteiger partial charge is 0.328 e. The number of esters is 1. The van der Waals surface area contributed by atoms with Gasteiger partial charge in [0.25, 0.3) is 5.91 Å². The minimum Gasteiger partial charge on any atom is -0.464 e. The summed E-state index contributed by atoms with van der Waals surface area (Å²) in [4.78, 5) is 28.3. The highest BCUT2D eigenvalue weighted by atomic mass is 32.2. The largest absolute Gasteiger partial charge is 0.464 e. The molecule has 4 nitrogen and oxygen atoms in total. The Hall–Kier alpha value is -1.92. The maximum absolute atomic E-state index is 13.1. The van der Waals surface area contributed by atoms with E-state index in [2.05, 4.69) is 42.6 Å². The van der Waals surface area contributed by atoms with Crippen LogP contribution in [0.3, 0.4) is 0 Å². The summed E-state index contributed by atoms with van der Waals surface area (Å²) in [5, 5.41) is 2.95. The van der Waals surface area contributed by atoms with Crippen molar-refractivity contribution in [1.29, 1.82) is 0 Å². The molecule has 0 radical (unpaired) electrons. The van der Waals surface area contributed by atoms with E-state index < -0.39 is 6.04 Å². The summed E-state index contributed by atoms with van der Waals surface area (Å²) >= 11 is 3.62. The maximum atomic E-state index is 13.1. The van der Waals surface area contributed by atoms with E-state index in [1.165, 1.54) is 67.4 Å². The van der Waals surface area contributed by atoms with E-state index in [9.17, 15) is 9.59 Å². The molecule has 1 heterocycles. The molecule has 6 heteroatoms. The molecule has 0 spiro atoms. The first-order chi connectivity index (χ1) is 18.6. The SMILES string of the molecule is CCCCCCCCCCCCOC(=O)C(CCC)NC(=O)c1ccc2c(c1)Sc1ccccc1CSC2. The van der Waals surface area contributed by atoms with E-state index in [0.717, 1.165) is 35.7 Å². The Balaban J connectivity index is 1.45. The molecule has 38 heavy (non-hydrogen) atoms. The minimum atomic E-state index is -0.610. The van der Waals surface area contributed by atoms with Gasteiger partial charge in [0.1, 0.15) is 6.04 Å². The number of ether oxygens (including phenoxy) is 1. The van der Waals surface area contributed by atoms with Crippen LogP contribution in [-0.2, 0) is 21.0 Å². The zero-order valence-corrected chi connectivity index (χ0v) is 24.9. The summed E-state index contributed by atoms with van der Waals surface area (Å²) in [6.45, 7) is 4.70. The number of benzene rings is 2. The molecule has 0 aromatic heterocycles. The number of carbonyl (C=O) groups excluding carboxylic acids is 2. The average molecular weight is 556 g/mol. The number of rotatable bonds is 16. The van der Waals surface area contributed by atoms with Crippen molar-refractivity contribution in [3.05, 3.63) is 59.2 Å². The monoisotopic (exact) mass is 555 g/mol. The van der Waals surface area contributed by atoms with Gasteiger partial charge >= 0.3 is 5.97 Å². The average Bonchev–Trinajstić information content (AvgIpc) is 2.91. The molecular formula is C32H45NO3S2. The molecule has 0 saturated heterocycles. The van der Waals surface area contributed by atoms with E-state index in [1.54, 1.807) is 11.8 Å². The highest BCUT2D eigenvalue weighted by molar-refractivity contribution is 8.00. The van der Waals surface area contributed by atoms with Gasteiger partial charge in [-0.05, 0) is 42.2 Å². The zero-order valence-electron chi connectivity index (χ0n) is 23.3. The highest BCUT2D eigenvalue weighted by Crippen LogP contribution is 2.39. The Morgan fingerprint density at radius 1 is 0.816 bits per heavy atom. The van der Waals surface area contributed by atoms with Gasteiger partial charge in [-0.3, -0.25) is 4.79 Å². The zero-order chi connectivity index (χ0) is 27.0. The topological polar surface area (TPSA) is 55.4 Å². The van der Waals surface area contributed by atoms with Crippen LogP contribution < -0.4 is 5.32 Å². The van der Waals surface area contributed by atoms with Crippen LogP contribution in [-0.4, -0.2) is 24.5 Å². The number of amides is 1. The Morgan fingerprint density at radius 2 is 1.47 bits per heavy atom. The molecule has 0 bridgehead atoms. The van der Waals surface area contributed by atoms with Crippen molar-refractivity contribution in [2.45, 2.75) is 118 Å². The first-order valence-electron chi connectivity index (χ1n) is 14.6. The normalized spacial score (nSPS) is 13.5. The fourth-order valence-corrected chi connectivity index (χ4v) is 7.00. The fraction of sp³-hybridized carbons (Fsp3) is 0.562. The molecule has 1 aliphatic heterocycles. The molecule has 0 saturated carbocycles. The molecule has 0 fully saturated rings. The number of carbonyl (C=O) groups is 2. The summed E-state index contributed by atoms with van der Waals surface area (Å²) in [5.74, 6) is 1.38. The lowest BCUT2D eigenvalue weighted by molar-refractivity contribution is -0.146. The van der Waals surface area contributed by atoms with Crippen LogP contribution in [0.25, 0.3) is 0 Å². The number of unbranched alkanes of at least 4 members (excludes halogenated alkanes) is 9. The Kier molecular flexibility index (Phi) is 14.2. The van der Waals surface area contributed by atoms with Gasteiger partial charge in [-0.25, -0.2) is 4.79 Å². The van der Waals surface area contributed by atoms with E-state index in [-0.39, 0.29) is 11.9 Å². The van der Waals surface area contributed by atoms with Crippen molar-refractivity contribution >= 4 is 35.4 Å². The molecule has 208 valence electrons. The van der Waals surface area contributed by atoms with Gasteiger partial charge in [0.2, 0.25) is 0 Å². The lowest BCUT2D eigenvalue weighted by Gasteiger charge is -2.19. The molecule has 3 rings (SSSR count). The van der Waals surface area contributed by atoms with E-state index in [4.69, 9.17) is 4.74 Å². The van der Waals surface area contributed by atoms with Gasteiger partial charge in [0, 0.05) is 26.9 Å². The van der Waals surface area contributed by atoms with Crippen LogP contribution in [0.15, 0.2) is 52.3 Å². The summed E-state index contributed by atoms with van der Waals surface area (Å²) in [7, 11) is 0. The molecule has 1 unspecified atom stereocenters. The lowest BCUT2D eigenvalue weighted by Crippen LogP contribution is -2.41. The third-order valence-corrected chi connectivity index (χ3v) is 9.19. The van der Waals surface area contributed by atoms with Gasteiger partial charge < -0.3 is 10.1 Å². The Labute approximate surface area is 238 Å². The molecular weight excluding hydrogens is 510 g/mol. The van der Waals surface area contributed by atoms with Gasteiger partial charge in [-0.1, -0.05) is 114 Å². The van der Waals surface area contributed by atoms with Gasteiger partial charge in [-0.15, -0.1) is 0 Å². The van der Waals surface area contributed by atoms with Gasteiger partial charge in [0.05, 0.1) is 6.61 Å². The van der Waals surface area contributed by atoms with Crippen LogP contribution in [0.1, 0.15) is 112 Å². The molecule has 2 aromatic rings. The number of hydrogen-bond donors (Lipinski definition) is 1. The third-order valence-electron chi connectivity index (χ3n) is 6.95. The Bertz CT molecular complexity index is 1010. The van der Waals surface area contributed by atoms with Crippen LogP contribution in [0, 0.1) is 0 Å². The fourth-order valence-electron chi connectivity index (χ4n) is 4.66. The van der Waals surface area contributed by atoms with Crippen molar-refractivity contribution in [3.63, 3.8) is 0 Å². The van der Waals surface area contributed by atoms with E-state index in [1.807, 2.05) is 30.8 Å². The third kappa shape index (κ3) is 10.3. The van der Waals surface area contributed by atoms with Crippen LogP contribution in [0.5, 0.6) is 0 Å². The second-order valence-corrected chi connectivity index (χ2v) is 12.3. The second-order valence-electron chi connectivity index (χ2n) is 10.2. The number of thioether (sulfide) groups is 1. The number of hydrogen-bond acceptors (Lipinski definition) is 5. The predicted octanol–water partition coefficient (Wildman–Crippen LogP) is 8.95. The summed E-state index contributed by atoms with van der Waals surface area (Å²) in [6, 6.07) is 13.7. The summed E-state index contributed by atoms with van der Waals surface area (Å²) < 4.78 is 5.56. The molecule has 1 N–H and O–H groups in total. The van der Waals surface area contributed by atoms with Gasteiger partial charge in [0.15, 0.2) is 0 Å². The second kappa shape index (κ2) is 17.6. The molecule has 1 atom stereocenters. The van der Waals surface area contributed by atoms with Crippen molar-refractivity contribution in [2.24, 2.45) is 0 Å². The van der Waals surface area contributed by atoms with Crippen molar-refractivity contribution in [3.8, 4) is 0 Å². The van der Waals surface area contributed by atoms with Crippen molar-refractivity contribution < 1.29 is 14.3 Å². The lowest BCUT2D eigenvalue weighted by atomic mass is 10.1. The number of fused-ring (bicyclic) bond motifs is 2. The standard InChI is InChI=1S/C32H45NO3S2/c1-3-5-6-7-8-9-10-11-12-15-21-36-32(35)28(16-4-2)33-31(34)25-19-20-27-24-37-23-26-17-13-14-18-29(26)38-30(27)22-25/h13-14,17-20,22,28H,3-12,15-16,21,23-24H2,1-2H3,(H,33,34). The first kappa shape index (κ1) is 30.6. The Morgan fingerprint density at radius 3 is 2.18 bits per heavy atom. The van der Waals surface area contributed by atoms with Crippen LogP contribution in [0.2, 0.25) is 0 Å². The number of nitrogens with one attached hydrogen (secondary N) is 1. The van der Waals surface area contributed by atoms with Gasteiger partial charge in [-0.2, -0.15) is 11.8 Å². The van der Waals surface area contributed by atoms with E-state index in [0.29, 0.717) is 18.6 Å². The predicted molar refractivity (Wildman–Crippen MR) is 161 cm³/mol.